The Morgan fingerprint density at radius 3 is 3.22 bits per heavy atom. The molecule has 1 aliphatic heterocycles. The Morgan fingerprint density at radius 1 is 1.39 bits per heavy atom. The van der Waals surface area contributed by atoms with Crippen molar-refractivity contribution in [1.82, 2.24) is 24.4 Å². The first-order valence-corrected chi connectivity index (χ1v) is 8.48. The lowest BCUT2D eigenvalue weighted by molar-refractivity contribution is 0.194. The van der Waals surface area contributed by atoms with Crippen molar-refractivity contribution < 1.29 is 0 Å². The van der Waals surface area contributed by atoms with Crippen LogP contribution in [0.25, 0.3) is 11.0 Å². The number of nitrogens with one attached hydrogen (secondary N) is 1. The van der Waals surface area contributed by atoms with Crippen LogP contribution >= 0.6 is 0 Å². The van der Waals surface area contributed by atoms with Gasteiger partial charge in [0.15, 0.2) is 0 Å². The van der Waals surface area contributed by atoms with Crippen molar-refractivity contribution in [3.63, 3.8) is 0 Å². The molecule has 1 fully saturated rings. The van der Waals surface area contributed by atoms with Gasteiger partial charge in [0.1, 0.15) is 5.65 Å². The highest BCUT2D eigenvalue weighted by Crippen LogP contribution is 2.29. The number of hydrogen-bond acceptors (Lipinski definition) is 3. The van der Waals surface area contributed by atoms with Crippen molar-refractivity contribution in [3.8, 4) is 0 Å². The van der Waals surface area contributed by atoms with Crippen molar-refractivity contribution in [2.75, 3.05) is 13.1 Å². The number of aromatic nitrogens is 4. The van der Waals surface area contributed by atoms with Gasteiger partial charge in [-0.1, -0.05) is 0 Å². The van der Waals surface area contributed by atoms with Gasteiger partial charge in [-0.25, -0.2) is 9.97 Å². The van der Waals surface area contributed by atoms with Crippen LogP contribution < -0.4 is 0 Å². The van der Waals surface area contributed by atoms with Crippen LogP contribution in [0.3, 0.4) is 0 Å². The van der Waals surface area contributed by atoms with Gasteiger partial charge in [-0.2, -0.15) is 0 Å². The van der Waals surface area contributed by atoms with Gasteiger partial charge < -0.3 is 9.55 Å². The summed E-state index contributed by atoms with van der Waals surface area (Å²) in [7, 11) is 0. The van der Waals surface area contributed by atoms with E-state index in [4.69, 9.17) is 0 Å². The number of aromatic amines is 1. The van der Waals surface area contributed by atoms with Gasteiger partial charge in [-0.05, 0) is 44.5 Å². The average molecular weight is 309 g/mol. The normalized spacial score (nSPS) is 19.4. The molecule has 3 aromatic heterocycles. The molecular weight excluding hydrogens is 286 g/mol. The third-order valence-electron chi connectivity index (χ3n) is 4.88. The third-order valence-corrected chi connectivity index (χ3v) is 4.88. The van der Waals surface area contributed by atoms with E-state index in [1.54, 1.807) is 0 Å². The van der Waals surface area contributed by atoms with Gasteiger partial charge in [0.2, 0.25) is 0 Å². The second-order valence-corrected chi connectivity index (χ2v) is 6.41. The first-order chi connectivity index (χ1) is 11.3. The van der Waals surface area contributed by atoms with Crippen LogP contribution in [0.1, 0.15) is 37.1 Å². The summed E-state index contributed by atoms with van der Waals surface area (Å²) < 4.78 is 2.23. The van der Waals surface area contributed by atoms with E-state index in [0.29, 0.717) is 5.92 Å². The molecule has 0 unspecified atom stereocenters. The third kappa shape index (κ3) is 2.88. The molecule has 0 spiro atoms. The van der Waals surface area contributed by atoms with E-state index in [2.05, 4.69) is 43.5 Å². The highest BCUT2D eigenvalue weighted by molar-refractivity contribution is 5.76. The molecule has 0 amide bonds. The minimum Gasteiger partial charge on any atom is -0.343 e. The largest absolute Gasteiger partial charge is 0.343 e. The van der Waals surface area contributed by atoms with Crippen molar-refractivity contribution in [2.24, 2.45) is 0 Å². The summed E-state index contributed by atoms with van der Waals surface area (Å²) in [6.45, 7) is 6.41. The van der Waals surface area contributed by atoms with Crippen molar-refractivity contribution >= 4 is 11.0 Å². The van der Waals surface area contributed by atoms with Crippen LogP contribution in [0.15, 0.2) is 36.9 Å². The van der Waals surface area contributed by atoms with E-state index < -0.39 is 0 Å². The van der Waals surface area contributed by atoms with E-state index in [0.717, 1.165) is 25.3 Å². The fourth-order valence-electron chi connectivity index (χ4n) is 3.65. The Kier molecular flexibility index (Phi) is 3.87. The number of nitrogens with zero attached hydrogens (tertiary/aromatic N) is 4. The maximum atomic E-state index is 4.42. The summed E-state index contributed by atoms with van der Waals surface area (Å²) in [5.74, 6) is 0.566. The highest BCUT2D eigenvalue weighted by atomic mass is 15.2. The molecule has 5 nitrogen and oxygen atoms in total. The summed E-state index contributed by atoms with van der Waals surface area (Å²) in [5, 5.41) is 1.21. The van der Waals surface area contributed by atoms with Crippen molar-refractivity contribution in [3.05, 3.63) is 48.3 Å². The molecule has 0 aliphatic carbocycles. The Morgan fingerprint density at radius 2 is 2.35 bits per heavy atom. The van der Waals surface area contributed by atoms with Gasteiger partial charge >= 0.3 is 0 Å². The summed E-state index contributed by atoms with van der Waals surface area (Å²) in [5.41, 5.74) is 3.64. The quantitative estimate of drug-likeness (QED) is 0.805. The molecule has 23 heavy (non-hydrogen) atoms. The fourth-order valence-corrected chi connectivity index (χ4v) is 3.65. The van der Waals surface area contributed by atoms with Crippen LogP contribution in [0, 0.1) is 0 Å². The van der Waals surface area contributed by atoms with Gasteiger partial charge in [0.05, 0.1) is 12.0 Å². The molecule has 1 atom stereocenters. The number of rotatable bonds is 4. The monoisotopic (exact) mass is 309 g/mol. The molecule has 5 heteroatoms. The van der Waals surface area contributed by atoms with Gasteiger partial charge in [-0.3, -0.25) is 4.90 Å². The molecule has 1 saturated heterocycles. The van der Waals surface area contributed by atoms with Crippen LogP contribution in [0.2, 0.25) is 0 Å². The van der Waals surface area contributed by atoms with Crippen LogP contribution in [0.4, 0.5) is 0 Å². The summed E-state index contributed by atoms with van der Waals surface area (Å²) in [6.07, 6.45) is 8.27. The Bertz CT molecular complexity index is 754. The Labute approximate surface area is 136 Å². The number of imidazole rings is 1. The number of pyridine rings is 1. The average Bonchev–Trinajstić information content (AvgIpc) is 3.21. The number of H-pyrrole nitrogens is 1. The molecule has 1 aliphatic rings. The molecule has 0 aromatic carbocycles. The number of piperidine rings is 1. The zero-order chi connectivity index (χ0) is 15.6. The van der Waals surface area contributed by atoms with Gasteiger partial charge in [0.25, 0.3) is 0 Å². The van der Waals surface area contributed by atoms with E-state index in [1.165, 1.54) is 36.2 Å². The minimum absolute atomic E-state index is 0.566. The lowest BCUT2D eigenvalue weighted by Gasteiger charge is -2.32. The lowest BCUT2D eigenvalue weighted by atomic mass is 9.94. The topological polar surface area (TPSA) is 49.7 Å². The molecule has 4 heterocycles. The first-order valence-electron chi connectivity index (χ1n) is 8.48. The fraction of sp³-hybridized carbons (Fsp3) is 0.444. The number of fused-ring (bicyclic) bond motifs is 1. The Balaban J connectivity index is 1.50. The maximum Gasteiger partial charge on any atom is 0.137 e. The number of aryl methyl sites for hydroxylation is 1. The van der Waals surface area contributed by atoms with Gasteiger partial charge in [0, 0.05) is 49.0 Å². The van der Waals surface area contributed by atoms with Crippen LogP contribution in [0.5, 0.6) is 0 Å². The number of likely N-dealkylation sites (tertiary alicyclic amines) is 1. The maximum absolute atomic E-state index is 4.42. The molecule has 120 valence electrons. The second kappa shape index (κ2) is 6.16. The number of hydrogen-bond donors (Lipinski definition) is 1. The molecule has 0 saturated carbocycles. The van der Waals surface area contributed by atoms with Gasteiger partial charge in [-0.15, -0.1) is 0 Å². The standard InChI is InChI=1S/C18H23N5/c1-2-23-13-19-10-16(23)12-22-8-4-6-15(11-22)17-9-14-5-3-7-20-18(14)21-17/h3,5,7,9-10,13,15H,2,4,6,8,11-12H2,1H3,(H,20,21)/t15-/m1/s1. The minimum atomic E-state index is 0.566. The van der Waals surface area contributed by atoms with E-state index >= 15 is 0 Å². The summed E-state index contributed by atoms with van der Waals surface area (Å²) >= 11 is 0. The van der Waals surface area contributed by atoms with Crippen molar-refractivity contribution in [1.29, 1.82) is 0 Å². The molecule has 3 aromatic rings. The highest BCUT2D eigenvalue weighted by Gasteiger charge is 2.23. The lowest BCUT2D eigenvalue weighted by Crippen LogP contribution is -2.34. The molecule has 0 bridgehead atoms. The molecule has 1 N–H and O–H groups in total. The molecule has 4 rings (SSSR count). The van der Waals surface area contributed by atoms with Crippen LogP contribution in [-0.4, -0.2) is 37.5 Å². The zero-order valence-corrected chi connectivity index (χ0v) is 13.6. The molecular formula is C18H23N5. The van der Waals surface area contributed by atoms with E-state index in [9.17, 15) is 0 Å². The zero-order valence-electron chi connectivity index (χ0n) is 13.6. The second-order valence-electron chi connectivity index (χ2n) is 6.41. The Hall–Kier alpha value is -2.14. The summed E-state index contributed by atoms with van der Waals surface area (Å²) in [4.78, 5) is 14.8. The smallest absolute Gasteiger partial charge is 0.137 e. The predicted molar refractivity (Wildman–Crippen MR) is 91.2 cm³/mol. The predicted octanol–water partition coefficient (Wildman–Crippen LogP) is 3.16. The first kappa shape index (κ1) is 14.5. The van der Waals surface area contributed by atoms with E-state index in [-0.39, 0.29) is 0 Å². The van der Waals surface area contributed by atoms with Crippen molar-refractivity contribution in [2.45, 2.75) is 38.8 Å². The van der Waals surface area contributed by atoms with Crippen LogP contribution in [-0.2, 0) is 13.1 Å². The molecule has 0 radical (unpaired) electrons. The SMILES string of the molecule is CCn1cncc1CN1CCC[C@@H](c2cc3cccnc3[nH]2)C1. The summed E-state index contributed by atoms with van der Waals surface area (Å²) in [6, 6.07) is 6.40. The van der Waals surface area contributed by atoms with E-state index in [1.807, 2.05) is 24.8 Å².